The topological polar surface area (TPSA) is 121 Å². The summed E-state index contributed by atoms with van der Waals surface area (Å²) in [4.78, 5) is 22.2. The summed E-state index contributed by atoms with van der Waals surface area (Å²) in [5, 5.41) is 15.2. The Morgan fingerprint density at radius 1 is 1.35 bits per heavy atom. The lowest BCUT2D eigenvalue weighted by molar-refractivity contribution is -0.120. The molecule has 9 nitrogen and oxygen atoms in total. The number of carbonyl (C=O) groups is 1. The summed E-state index contributed by atoms with van der Waals surface area (Å²) in [6, 6.07) is 5.53. The number of aromatic nitrogens is 5. The minimum atomic E-state index is -0.844. The van der Waals surface area contributed by atoms with Crippen LogP contribution in [0.1, 0.15) is 31.7 Å². The van der Waals surface area contributed by atoms with E-state index in [9.17, 15) is 9.90 Å². The first kappa shape index (κ1) is 22.3. The fourth-order valence-corrected chi connectivity index (χ4v) is 5.08. The maximum absolute atomic E-state index is 11.7. The highest BCUT2D eigenvalue weighted by Crippen LogP contribution is 2.41. The van der Waals surface area contributed by atoms with Gasteiger partial charge in [0, 0.05) is 41.0 Å². The molecule has 0 saturated carbocycles. The van der Waals surface area contributed by atoms with Crippen LogP contribution in [-0.4, -0.2) is 47.5 Å². The van der Waals surface area contributed by atoms with Gasteiger partial charge in [-0.15, -0.1) is 11.3 Å². The van der Waals surface area contributed by atoms with Gasteiger partial charge in [0.25, 0.3) is 0 Å². The number of nitrogens with two attached hydrogens (primary N) is 1. The van der Waals surface area contributed by atoms with Crippen molar-refractivity contribution in [1.82, 2.24) is 24.3 Å². The number of thiazole rings is 1. The van der Waals surface area contributed by atoms with Gasteiger partial charge in [-0.3, -0.25) is 9.48 Å². The van der Waals surface area contributed by atoms with E-state index in [1.54, 1.807) is 59.9 Å². The molecule has 1 unspecified atom stereocenters. The van der Waals surface area contributed by atoms with Gasteiger partial charge in [-0.1, -0.05) is 6.07 Å². The Labute approximate surface area is 200 Å². The lowest BCUT2D eigenvalue weighted by Crippen LogP contribution is -2.26. The fourth-order valence-electron chi connectivity index (χ4n) is 4.02. The Bertz CT molecular complexity index is 1360. The van der Waals surface area contributed by atoms with Gasteiger partial charge in [0.05, 0.1) is 30.6 Å². The lowest BCUT2D eigenvalue weighted by Gasteiger charge is -2.16. The number of nitrogens with zero attached hydrogens (tertiary/aromatic N) is 5. The van der Waals surface area contributed by atoms with Gasteiger partial charge in [-0.2, -0.15) is 5.10 Å². The molecule has 5 rings (SSSR count). The first-order valence-electron chi connectivity index (χ1n) is 11.0. The van der Waals surface area contributed by atoms with Crippen molar-refractivity contribution in [2.24, 2.45) is 5.73 Å². The fraction of sp³-hybridized carbons (Fsp3) is 0.333. The zero-order valence-electron chi connectivity index (χ0n) is 19.2. The molecule has 176 valence electrons. The highest BCUT2D eigenvalue weighted by Gasteiger charge is 2.25. The van der Waals surface area contributed by atoms with E-state index in [0.29, 0.717) is 19.0 Å². The van der Waals surface area contributed by atoms with Crippen molar-refractivity contribution in [3.8, 4) is 39.0 Å². The zero-order valence-corrected chi connectivity index (χ0v) is 20.0. The van der Waals surface area contributed by atoms with Crippen LogP contribution in [0.5, 0.6) is 5.75 Å². The van der Waals surface area contributed by atoms with E-state index in [1.807, 2.05) is 24.4 Å². The molecule has 3 N–H and O–H groups in total. The molecule has 0 aliphatic carbocycles. The predicted molar refractivity (Wildman–Crippen MR) is 129 cm³/mol. The zero-order chi connectivity index (χ0) is 24.0. The van der Waals surface area contributed by atoms with E-state index < -0.39 is 17.6 Å². The van der Waals surface area contributed by atoms with Gasteiger partial charge in [0.15, 0.2) is 10.8 Å². The number of primary amides is 1. The predicted octanol–water partition coefficient (Wildman–Crippen LogP) is 3.29. The summed E-state index contributed by atoms with van der Waals surface area (Å²) >= 11 is 1.56. The third-order valence-corrected chi connectivity index (χ3v) is 6.84. The molecule has 4 aromatic rings. The molecule has 1 aliphatic heterocycles. The van der Waals surface area contributed by atoms with Crippen molar-refractivity contribution >= 4 is 17.2 Å². The highest BCUT2D eigenvalue weighted by molar-refractivity contribution is 7.15. The molecule has 0 saturated heterocycles. The minimum Gasteiger partial charge on any atom is -0.492 e. The van der Waals surface area contributed by atoms with Crippen LogP contribution in [0.25, 0.3) is 33.2 Å². The molecule has 4 heterocycles. The van der Waals surface area contributed by atoms with E-state index in [1.165, 1.54) is 0 Å². The number of amides is 1. The second-order valence-corrected chi connectivity index (χ2v) is 10.2. The molecule has 3 aromatic heterocycles. The average Bonchev–Trinajstić information content (AvgIpc) is 3.50. The van der Waals surface area contributed by atoms with Crippen molar-refractivity contribution in [2.75, 3.05) is 6.61 Å². The molecule has 0 radical (unpaired) electrons. The molecular formula is C24H26N6O3S. The van der Waals surface area contributed by atoms with Crippen LogP contribution in [-0.2, 0) is 17.8 Å². The summed E-state index contributed by atoms with van der Waals surface area (Å²) in [7, 11) is 0. The average molecular weight is 479 g/mol. The lowest BCUT2D eigenvalue weighted by atomic mass is 10.0. The van der Waals surface area contributed by atoms with Crippen LogP contribution < -0.4 is 10.5 Å². The number of imidazole rings is 1. The molecule has 0 spiro atoms. The van der Waals surface area contributed by atoms with Crippen molar-refractivity contribution in [1.29, 1.82) is 0 Å². The van der Waals surface area contributed by atoms with Crippen LogP contribution in [0.3, 0.4) is 0 Å². The van der Waals surface area contributed by atoms with Gasteiger partial charge >= 0.3 is 0 Å². The first-order valence-corrected chi connectivity index (χ1v) is 11.9. The summed E-state index contributed by atoms with van der Waals surface area (Å²) in [5.74, 6) is 0.967. The number of hydrogen-bond acceptors (Lipinski definition) is 7. The highest BCUT2D eigenvalue weighted by atomic mass is 32.1. The van der Waals surface area contributed by atoms with Crippen molar-refractivity contribution in [3.63, 3.8) is 0 Å². The number of ether oxygens (including phenoxy) is 1. The van der Waals surface area contributed by atoms with E-state index >= 15 is 0 Å². The van der Waals surface area contributed by atoms with Gasteiger partial charge < -0.3 is 20.1 Å². The number of aliphatic hydroxyl groups is 1. The Kier molecular flexibility index (Phi) is 5.49. The van der Waals surface area contributed by atoms with Crippen molar-refractivity contribution < 1.29 is 14.6 Å². The second kappa shape index (κ2) is 8.37. The second-order valence-electron chi connectivity index (χ2n) is 9.08. The SMILES string of the molecule is CC(C(N)=O)n1ccnc1-c1nc2c(s1)CCOc1cc(-c3cnn(CC(C)(C)O)c3)ccc1-2. The summed E-state index contributed by atoms with van der Waals surface area (Å²) in [5.41, 5.74) is 8.38. The Hall–Kier alpha value is -3.50. The third-order valence-electron chi connectivity index (χ3n) is 5.73. The van der Waals surface area contributed by atoms with Crippen LogP contribution in [0.15, 0.2) is 43.0 Å². The molecule has 1 aliphatic rings. The standard InChI is InChI=1S/C24H26N6O3S/c1-14(21(25)31)30-8-7-26-22(30)23-28-20-17-5-4-15(10-18(17)33-9-6-19(20)34-23)16-11-27-29(12-16)13-24(2,3)32/h4-5,7-8,10-12,14,32H,6,9,13H2,1-3H3,(H2,25,31). The Morgan fingerprint density at radius 2 is 2.18 bits per heavy atom. The molecule has 10 heteroatoms. The number of hydrogen-bond donors (Lipinski definition) is 2. The molecule has 0 bridgehead atoms. The van der Waals surface area contributed by atoms with Gasteiger partial charge in [-0.25, -0.2) is 9.97 Å². The summed E-state index contributed by atoms with van der Waals surface area (Å²) in [6.07, 6.45) is 7.84. The molecule has 1 aromatic carbocycles. The van der Waals surface area contributed by atoms with Crippen molar-refractivity contribution in [2.45, 2.75) is 45.4 Å². The van der Waals surface area contributed by atoms with E-state index in [4.69, 9.17) is 15.5 Å². The van der Waals surface area contributed by atoms with E-state index in [-0.39, 0.29) is 0 Å². The quantitative estimate of drug-likeness (QED) is 0.439. The number of carbonyl (C=O) groups excluding carboxylic acids is 1. The first-order chi connectivity index (χ1) is 16.2. The maximum atomic E-state index is 11.7. The van der Waals surface area contributed by atoms with Gasteiger partial charge in [0.2, 0.25) is 5.91 Å². The number of fused-ring (bicyclic) bond motifs is 3. The van der Waals surface area contributed by atoms with Crippen LogP contribution in [0.4, 0.5) is 0 Å². The van der Waals surface area contributed by atoms with Gasteiger partial charge in [-0.05, 0) is 38.5 Å². The molecule has 34 heavy (non-hydrogen) atoms. The normalized spacial score (nSPS) is 14.1. The van der Waals surface area contributed by atoms with E-state index in [0.717, 1.165) is 44.4 Å². The largest absolute Gasteiger partial charge is 0.492 e. The molecule has 1 amide bonds. The number of rotatable bonds is 6. The molecular weight excluding hydrogens is 452 g/mol. The maximum Gasteiger partial charge on any atom is 0.240 e. The molecule has 0 fully saturated rings. The monoisotopic (exact) mass is 478 g/mol. The van der Waals surface area contributed by atoms with Gasteiger partial charge in [0.1, 0.15) is 11.8 Å². The third kappa shape index (κ3) is 4.22. The Morgan fingerprint density at radius 3 is 2.94 bits per heavy atom. The van der Waals surface area contributed by atoms with E-state index in [2.05, 4.69) is 10.1 Å². The van der Waals surface area contributed by atoms with Crippen LogP contribution >= 0.6 is 11.3 Å². The van der Waals surface area contributed by atoms with Crippen molar-refractivity contribution in [3.05, 3.63) is 47.9 Å². The Balaban J connectivity index is 1.49. The van der Waals surface area contributed by atoms with Crippen LogP contribution in [0.2, 0.25) is 0 Å². The summed E-state index contributed by atoms with van der Waals surface area (Å²) in [6.45, 7) is 6.20. The van der Waals surface area contributed by atoms with Crippen LogP contribution in [0, 0.1) is 0 Å². The smallest absolute Gasteiger partial charge is 0.240 e. The number of benzene rings is 1. The molecule has 1 atom stereocenters. The minimum absolute atomic E-state index is 0.406. The summed E-state index contributed by atoms with van der Waals surface area (Å²) < 4.78 is 9.57.